The topological polar surface area (TPSA) is 100 Å². The van der Waals surface area contributed by atoms with E-state index in [-0.39, 0.29) is 18.9 Å². The first-order valence-electron chi connectivity index (χ1n) is 14.5. The minimum Gasteiger partial charge on any atom is -0.477 e. The van der Waals surface area contributed by atoms with Gasteiger partial charge in [0.25, 0.3) is 0 Å². The Morgan fingerprint density at radius 2 is 1.57 bits per heavy atom. The number of hydrogen-bond acceptors (Lipinski definition) is 8. The summed E-state index contributed by atoms with van der Waals surface area (Å²) in [6.45, 7) is 8.31. The van der Waals surface area contributed by atoms with E-state index in [1.54, 1.807) is 32.9 Å². The number of likely N-dealkylation sites (tertiary alicyclic amines) is 1. The molecule has 0 bridgehead atoms. The van der Waals surface area contributed by atoms with Crippen LogP contribution in [0.1, 0.15) is 57.3 Å². The molecule has 42 heavy (non-hydrogen) atoms. The molecule has 0 radical (unpaired) electrons. The van der Waals surface area contributed by atoms with E-state index in [2.05, 4.69) is 63.6 Å². The van der Waals surface area contributed by atoms with E-state index in [1.165, 1.54) is 11.1 Å². The van der Waals surface area contributed by atoms with Gasteiger partial charge < -0.3 is 19.1 Å². The molecule has 0 N–H and O–H groups in total. The number of esters is 1. The minimum absolute atomic E-state index is 0.0692. The molecule has 2 aromatic carbocycles. The number of aromatic nitrogens is 4. The summed E-state index contributed by atoms with van der Waals surface area (Å²) in [7, 11) is 0. The molecule has 10 heteroatoms. The van der Waals surface area contributed by atoms with Crippen LogP contribution in [0.25, 0.3) is 5.65 Å². The number of ether oxygens (including phenoxy) is 3. The lowest BCUT2D eigenvalue weighted by Crippen LogP contribution is -2.38. The molecule has 1 saturated heterocycles. The predicted molar refractivity (Wildman–Crippen MR) is 158 cm³/mol. The summed E-state index contributed by atoms with van der Waals surface area (Å²) in [6.07, 6.45) is 2.93. The van der Waals surface area contributed by atoms with Crippen LogP contribution in [0.2, 0.25) is 0 Å². The highest BCUT2D eigenvalue weighted by molar-refractivity contribution is 5.75. The Bertz CT molecular complexity index is 1470. The van der Waals surface area contributed by atoms with Crippen molar-refractivity contribution in [2.24, 2.45) is 5.41 Å². The lowest BCUT2D eigenvalue weighted by Gasteiger charge is -2.34. The van der Waals surface area contributed by atoms with E-state index in [0.717, 1.165) is 48.1 Å². The lowest BCUT2D eigenvalue weighted by molar-refractivity contribution is -0.157. The first-order valence-corrected chi connectivity index (χ1v) is 14.5. The van der Waals surface area contributed by atoms with Crippen LogP contribution in [0.3, 0.4) is 0 Å². The second-order valence-electron chi connectivity index (χ2n) is 11.6. The van der Waals surface area contributed by atoms with Crippen molar-refractivity contribution in [2.75, 3.05) is 26.2 Å². The third-order valence-corrected chi connectivity index (χ3v) is 7.28. The molecule has 2 aromatic heterocycles. The third-order valence-electron chi connectivity index (χ3n) is 7.28. The largest absolute Gasteiger partial charge is 0.477 e. The van der Waals surface area contributed by atoms with Gasteiger partial charge in [0.2, 0.25) is 5.88 Å². The molecular weight excluding hydrogens is 534 g/mol. The number of carbonyl (C=O) groups excluding carboxylic acids is 1. The lowest BCUT2D eigenvalue weighted by atomic mass is 9.98. The maximum absolute atomic E-state index is 12.7. The molecule has 222 valence electrons. The molecule has 0 amide bonds. The number of fused-ring (bicyclic) bond motifs is 1. The first-order chi connectivity index (χ1) is 20.3. The SMILES string of the molecule is CC(C)(C)C(=O)OCn1nc2ccc(OCCCN3CCC(OC(c4ccccc4)c4ccccc4)CC3)nn2c1=O. The number of carbonyl (C=O) groups is 1. The first kappa shape index (κ1) is 29.5. The molecule has 0 unspecified atom stereocenters. The summed E-state index contributed by atoms with van der Waals surface area (Å²) in [5.41, 5.74) is 1.54. The van der Waals surface area contributed by atoms with E-state index in [9.17, 15) is 9.59 Å². The average molecular weight is 574 g/mol. The Kier molecular flexibility index (Phi) is 9.34. The van der Waals surface area contributed by atoms with Gasteiger partial charge in [-0.2, -0.15) is 9.20 Å². The van der Waals surface area contributed by atoms with Crippen LogP contribution in [0, 0.1) is 5.41 Å². The summed E-state index contributed by atoms with van der Waals surface area (Å²) >= 11 is 0. The van der Waals surface area contributed by atoms with Gasteiger partial charge in [0.05, 0.1) is 18.1 Å². The Hall–Kier alpha value is -4.02. The highest BCUT2D eigenvalue weighted by Crippen LogP contribution is 2.30. The maximum atomic E-state index is 12.7. The van der Waals surface area contributed by atoms with Gasteiger partial charge in [0, 0.05) is 25.7 Å². The molecule has 1 aliphatic rings. The van der Waals surface area contributed by atoms with Crippen molar-refractivity contribution >= 4 is 11.6 Å². The molecule has 0 atom stereocenters. The third kappa shape index (κ3) is 7.43. The van der Waals surface area contributed by atoms with Crippen LogP contribution in [0.4, 0.5) is 0 Å². The van der Waals surface area contributed by atoms with E-state index in [0.29, 0.717) is 18.1 Å². The van der Waals surface area contributed by atoms with Crippen molar-refractivity contribution in [2.45, 2.75) is 59.0 Å². The molecule has 1 aliphatic heterocycles. The average Bonchev–Trinajstić information content (AvgIpc) is 3.32. The van der Waals surface area contributed by atoms with Crippen molar-refractivity contribution in [1.82, 2.24) is 24.3 Å². The van der Waals surface area contributed by atoms with Crippen molar-refractivity contribution in [1.29, 1.82) is 0 Å². The van der Waals surface area contributed by atoms with Crippen LogP contribution in [0.5, 0.6) is 5.88 Å². The minimum atomic E-state index is -0.667. The van der Waals surface area contributed by atoms with Gasteiger partial charge >= 0.3 is 11.7 Å². The number of benzene rings is 2. The summed E-state index contributed by atoms with van der Waals surface area (Å²) in [4.78, 5) is 27.1. The van der Waals surface area contributed by atoms with Crippen LogP contribution >= 0.6 is 0 Å². The van der Waals surface area contributed by atoms with Crippen LogP contribution in [0.15, 0.2) is 77.6 Å². The second kappa shape index (κ2) is 13.3. The van der Waals surface area contributed by atoms with Gasteiger partial charge in [-0.15, -0.1) is 10.2 Å². The number of nitrogens with zero attached hydrogens (tertiary/aromatic N) is 5. The van der Waals surface area contributed by atoms with Crippen LogP contribution in [-0.2, 0) is 21.0 Å². The van der Waals surface area contributed by atoms with E-state index >= 15 is 0 Å². The maximum Gasteiger partial charge on any atom is 0.370 e. The number of rotatable bonds is 11. The highest BCUT2D eigenvalue weighted by Gasteiger charge is 2.25. The number of piperidine rings is 1. The van der Waals surface area contributed by atoms with Crippen molar-refractivity contribution in [3.63, 3.8) is 0 Å². The van der Waals surface area contributed by atoms with Gasteiger partial charge in [-0.05, 0) is 57.2 Å². The molecule has 3 heterocycles. The van der Waals surface area contributed by atoms with Crippen molar-refractivity contribution in [3.05, 3.63) is 94.4 Å². The van der Waals surface area contributed by atoms with Gasteiger partial charge in [-0.1, -0.05) is 60.7 Å². The Balaban J connectivity index is 1.07. The van der Waals surface area contributed by atoms with Gasteiger partial charge in [0.1, 0.15) is 6.10 Å². The summed E-state index contributed by atoms with van der Waals surface area (Å²) in [5.74, 6) is -0.0698. The standard InChI is InChI=1S/C32H39N5O5/c1-32(2,3)30(38)41-23-36-31(39)37-27(33-36)15-16-28(34-37)40-22-10-19-35-20-17-26(18-21-35)42-29(24-11-6-4-7-12-24)25-13-8-5-9-14-25/h4-9,11-16,26,29H,10,17-23H2,1-3H3. The summed E-state index contributed by atoms with van der Waals surface area (Å²) in [6, 6.07) is 24.2. The highest BCUT2D eigenvalue weighted by atomic mass is 16.5. The van der Waals surface area contributed by atoms with E-state index in [4.69, 9.17) is 14.2 Å². The Labute approximate surface area is 245 Å². The van der Waals surface area contributed by atoms with E-state index < -0.39 is 17.1 Å². The Morgan fingerprint density at radius 3 is 2.19 bits per heavy atom. The number of hydrogen-bond donors (Lipinski definition) is 0. The fourth-order valence-electron chi connectivity index (χ4n) is 4.92. The van der Waals surface area contributed by atoms with Crippen LogP contribution in [-0.4, -0.2) is 62.6 Å². The van der Waals surface area contributed by atoms with Gasteiger partial charge in [-0.3, -0.25) is 4.79 Å². The fourth-order valence-corrected chi connectivity index (χ4v) is 4.92. The van der Waals surface area contributed by atoms with E-state index in [1.807, 2.05) is 12.1 Å². The summed E-state index contributed by atoms with van der Waals surface area (Å²) in [5, 5.41) is 8.45. The zero-order valence-electron chi connectivity index (χ0n) is 24.5. The van der Waals surface area contributed by atoms with Gasteiger partial charge in [0.15, 0.2) is 12.4 Å². The normalized spacial score (nSPS) is 14.9. The second-order valence-corrected chi connectivity index (χ2v) is 11.6. The molecule has 0 aliphatic carbocycles. The summed E-state index contributed by atoms with van der Waals surface area (Å²) < 4.78 is 19.9. The molecule has 0 spiro atoms. The monoisotopic (exact) mass is 573 g/mol. The zero-order chi connectivity index (χ0) is 29.5. The van der Waals surface area contributed by atoms with Gasteiger partial charge in [-0.25, -0.2) is 4.79 Å². The molecular formula is C32H39N5O5. The van der Waals surface area contributed by atoms with Crippen molar-refractivity contribution in [3.8, 4) is 5.88 Å². The smallest absolute Gasteiger partial charge is 0.370 e. The Morgan fingerprint density at radius 1 is 0.929 bits per heavy atom. The molecule has 1 fully saturated rings. The molecule has 0 saturated carbocycles. The quantitative estimate of drug-likeness (QED) is 0.191. The van der Waals surface area contributed by atoms with Crippen molar-refractivity contribution < 1.29 is 19.0 Å². The molecule has 10 nitrogen and oxygen atoms in total. The zero-order valence-corrected chi connectivity index (χ0v) is 24.5. The molecule has 5 rings (SSSR count). The van der Waals surface area contributed by atoms with Crippen LogP contribution < -0.4 is 10.4 Å². The molecule has 4 aromatic rings. The fraction of sp³-hybridized carbons (Fsp3) is 0.438. The predicted octanol–water partition coefficient (Wildman–Crippen LogP) is 4.48.